The van der Waals surface area contributed by atoms with Gasteiger partial charge in [0.15, 0.2) is 0 Å². The summed E-state index contributed by atoms with van der Waals surface area (Å²) in [4.78, 5) is 25.6. The Morgan fingerprint density at radius 1 is 1.14 bits per heavy atom. The van der Waals surface area contributed by atoms with Crippen molar-refractivity contribution in [2.45, 2.75) is 65.0 Å². The molecule has 1 aromatic rings. The van der Waals surface area contributed by atoms with E-state index in [0.29, 0.717) is 28.3 Å². The number of esters is 2. The smallest absolute Gasteiger partial charge is 0.338 e. The number of anilines is 1. The predicted molar refractivity (Wildman–Crippen MR) is 113 cm³/mol. The van der Waals surface area contributed by atoms with Crippen LogP contribution in [0.5, 0.6) is 0 Å². The van der Waals surface area contributed by atoms with Crippen molar-refractivity contribution in [2.24, 2.45) is 0 Å². The molecule has 2 N–H and O–H groups in total. The molecule has 0 aliphatic heterocycles. The average Bonchev–Trinajstić information content (AvgIpc) is 2.95. The molecule has 0 saturated heterocycles. The number of benzene rings is 1. The van der Waals surface area contributed by atoms with Crippen molar-refractivity contribution in [1.82, 2.24) is 4.90 Å². The van der Waals surface area contributed by atoms with Crippen LogP contribution in [-0.2, 0) is 20.8 Å². The Morgan fingerprint density at radius 3 is 2.39 bits per heavy atom. The van der Waals surface area contributed by atoms with Crippen LogP contribution in [0.2, 0.25) is 0 Å². The topological polar surface area (TPSA) is 81.9 Å². The van der Waals surface area contributed by atoms with Gasteiger partial charge in [-0.1, -0.05) is 32.6 Å². The first-order chi connectivity index (χ1) is 13.4. The van der Waals surface area contributed by atoms with Gasteiger partial charge in [-0.3, -0.25) is 9.69 Å². The van der Waals surface area contributed by atoms with E-state index in [1.807, 2.05) is 6.07 Å². The van der Waals surface area contributed by atoms with Gasteiger partial charge in [0.1, 0.15) is 13.2 Å². The van der Waals surface area contributed by atoms with Crippen LogP contribution >= 0.6 is 15.9 Å². The highest BCUT2D eigenvalue weighted by Gasteiger charge is 2.21. The molecule has 0 bridgehead atoms. The van der Waals surface area contributed by atoms with Crippen LogP contribution in [0.1, 0.15) is 68.3 Å². The first-order valence-electron chi connectivity index (χ1n) is 10.0. The summed E-state index contributed by atoms with van der Waals surface area (Å²) in [5.41, 5.74) is 8.31. The molecule has 0 radical (unpaired) electrons. The summed E-state index contributed by atoms with van der Waals surface area (Å²) in [6, 6.07) is 4.05. The van der Waals surface area contributed by atoms with Crippen molar-refractivity contribution in [3.05, 3.63) is 27.7 Å². The largest absolute Gasteiger partial charge is 0.462 e. The minimum absolute atomic E-state index is 0.0267. The number of halogens is 1. The molecular weight excluding hydrogens is 424 g/mol. The van der Waals surface area contributed by atoms with Crippen molar-refractivity contribution in [2.75, 3.05) is 25.5 Å². The second-order valence-corrected chi connectivity index (χ2v) is 8.07. The molecule has 1 saturated carbocycles. The summed E-state index contributed by atoms with van der Waals surface area (Å²) in [5.74, 6) is -0.849. The van der Waals surface area contributed by atoms with Crippen molar-refractivity contribution < 1.29 is 19.1 Å². The molecule has 1 aliphatic rings. The number of ether oxygens (including phenoxy) is 2. The summed E-state index contributed by atoms with van der Waals surface area (Å²) >= 11 is 3.47. The van der Waals surface area contributed by atoms with E-state index in [1.54, 1.807) is 6.07 Å². The van der Waals surface area contributed by atoms with E-state index >= 15 is 0 Å². The van der Waals surface area contributed by atoms with E-state index in [-0.39, 0.29) is 13.2 Å². The Kier molecular flexibility index (Phi) is 9.25. The van der Waals surface area contributed by atoms with Crippen LogP contribution in [-0.4, -0.2) is 42.6 Å². The van der Waals surface area contributed by atoms with Gasteiger partial charge in [-0.05, 0) is 53.0 Å². The quantitative estimate of drug-likeness (QED) is 0.273. The van der Waals surface area contributed by atoms with Gasteiger partial charge >= 0.3 is 11.9 Å². The van der Waals surface area contributed by atoms with Crippen LogP contribution in [0.4, 0.5) is 5.69 Å². The fraction of sp³-hybridized carbons (Fsp3) is 0.619. The van der Waals surface area contributed by atoms with E-state index in [1.165, 1.54) is 45.4 Å². The van der Waals surface area contributed by atoms with E-state index in [9.17, 15) is 9.59 Å². The standard InChI is InChI=1S/C21H31BrN2O4/c1-3-24(18-8-6-4-5-7-9-18)14-17-12-16(13-19(22)20(17)23)21(26)28-11-10-27-15(2)25/h12-13,18H,3-11,14,23H2,1-2H3. The average molecular weight is 455 g/mol. The number of rotatable bonds is 8. The molecular formula is C21H31BrN2O4. The van der Waals surface area contributed by atoms with Crippen LogP contribution in [0.3, 0.4) is 0 Å². The number of carbonyl (C=O) groups excluding carboxylic acids is 2. The zero-order valence-electron chi connectivity index (χ0n) is 16.8. The summed E-state index contributed by atoms with van der Waals surface area (Å²) in [6.45, 7) is 5.22. The Labute approximate surface area is 175 Å². The van der Waals surface area contributed by atoms with Gasteiger partial charge in [-0.15, -0.1) is 0 Å². The molecule has 156 valence electrons. The van der Waals surface area contributed by atoms with Crippen molar-refractivity contribution in [1.29, 1.82) is 0 Å². The van der Waals surface area contributed by atoms with Crippen molar-refractivity contribution >= 4 is 33.6 Å². The monoisotopic (exact) mass is 454 g/mol. The molecule has 1 aromatic carbocycles. The summed E-state index contributed by atoms with van der Waals surface area (Å²) in [7, 11) is 0. The van der Waals surface area contributed by atoms with Gasteiger partial charge in [0, 0.05) is 24.0 Å². The number of nitrogens with two attached hydrogens (primary N) is 1. The lowest BCUT2D eigenvalue weighted by molar-refractivity contribution is -0.142. The molecule has 2 rings (SSSR count). The first kappa shape index (κ1) is 22.7. The molecule has 7 heteroatoms. The van der Waals surface area contributed by atoms with Crippen LogP contribution < -0.4 is 5.73 Å². The lowest BCUT2D eigenvalue weighted by Crippen LogP contribution is -2.34. The molecule has 28 heavy (non-hydrogen) atoms. The maximum atomic E-state index is 12.4. The number of hydrogen-bond donors (Lipinski definition) is 1. The maximum absolute atomic E-state index is 12.4. The zero-order chi connectivity index (χ0) is 20.5. The summed E-state index contributed by atoms with van der Waals surface area (Å²) in [5, 5.41) is 0. The number of carbonyl (C=O) groups is 2. The van der Waals surface area contributed by atoms with E-state index < -0.39 is 11.9 Å². The maximum Gasteiger partial charge on any atom is 0.338 e. The van der Waals surface area contributed by atoms with Gasteiger partial charge in [0.25, 0.3) is 0 Å². The fourth-order valence-electron chi connectivity index (χ4n) is 3.67. The molecule has 6 nitrogen and oxygen atoms in total. The highest BCUT2D eigenvalue weighted by molar-refractivity contribution is 9.10. The number of nitrogens with zero attached hydrogens (tertiary/aromatic N) is 1. The Morgan fingerprint density at radius 2 is 1.79 bits per heavy atom. The van der Waals surface area contributed by atoms with Crippen molar-refractivity contribution in [3.8, 4) is 0 Å². The minimum atomic E-state index is -0.452. The highest BCUT2D eigenvalue weighted by atomic mass is 79.9. The van der Waals surface area contributed by atoms with Crippen LogP contribution in [0.15, 0.2) is 16.6 Å². The summed E-state index contributed by atoms with van der Waals surface area (Å²) in [6.07, 6.45) is 7.61. The second-order valence-electron chi connectivity index (χ2n) is 7.22. The molecule has 0 atom stereocenters. The third-order valence-electron chi connectivity index (χ3n) is 5.19. The number of hydrogen-bond acceptors (Lipinski definition) is 6. The van der Waals surface area contributed by atoms with Gasteiger partial charge in [0.2, 0.25) is 0 Å². The van der Waals surface area contributed by atoms with E-state index in [4.69, 9.17) is 15.2 Å². The SMILES string of the molecule is CCN(Cc1cc(C(=O)OCCOC(C)=O)cc(Br)c1N)C1CCCCCC1. The molecule has 1 fully saturated rings. The molecule has 0 amide bonds. The van der Waals surface area contributed by atoms with Gasteiger partial charge in [-0.2, -0.15) is 0 Å². The predicted octanol–water partition coefficient (Wildman–Crippen LogP) is 4.30. The lowest BCUT2D eigenvalue weighted by atomic mass is 10.0. The van der Waals surface area contributed by atoms with E-state index in [2.05, 4.69) is 27.8 Å². The van der Waals surface area contributed by atoms with E-state index in [0.717, 1.165) is 12.1 Å². The normalized spacial score (nSPS) is 15.3. The zero-order valence-corrected chi connectivity index (χ0v) is 18.4. The molecule has 0 aromatic heterocycles. The fourth-order valence-corrected chi connectivity index (χ4v) is 4.17. The minimum Gasteiger partial charge on any atom is -0.462 e. The lowest BCUT2D eigenvalue weighted by Gasteiger charge is -2.30. The van der Waals surface area contributed by atoms with Crippen LogP contribution in [0, 0.1) is 0 Å². The van der Waals surface area contributed by atoms with Crippen molar-refractivity contribution in [3.63, 3.8) is 0 Å². The second kappa shape index (κ2) is 11.4. The third-order valence-corrected chi connectivity index (χ3v) is 5.85. The molecule has 0 spiro atoms. The first-order valence-corrected chi connectivity index (χ1v) is 10.8. The molecule has 1 aliphatic carbocycles. The Bertz CT molecular complexity index is 673. The number of nitrogen functional groups attached to an aromatic ring is 1. The van der Waals surface area contributed by atoms with Gasteiger partial charge < -0.3 is 15.2 Å². The third kappa shape index (κ3) is 6.78. The molecule has 0 heterocycles. The molecule has 0 unspecified atom stereocenters. The van der Waals surface area contributed by atoms with Crippen LogP contribution in [0.25, 0.3) is 0 Å². The van der Waals surface area contributed by atoms with Gasteiger partial charge in [0.05, 0.1) is 11.3 Å². The summed E-state index contributed by atoms with van der Waals surface area (Å²) < 4.78 is 10.7. The van der Waals surface area contributed by atoms with Gasteiger partial charge in [-0.25, -0.2) is 4.79 Å². The Balaban J connectivity index is 2.08. The Hall–Kier alpha value is -1.60. The highest BCUT2D eigenvalue weighted by Crippen LogP contribution is 2.29.